The van der Waals surface area contributed by atoms with Gasteiger partial charge in [0.1, 0.15) is 5.75 Å². The number of ether oxygens (including phenoxy) is 1. The van der Waals surface area contributed by atoms with Crippen LogP contribution in [0, 0.1) is 5.82 Å². The Hall–Kier alpha value is -3.03. The molecule has 0 radical (unpaired) electrons. The van der Waals surface area contributed by atoms with Crippen molar-refractivity contribution in [1.82, 2.24) is 15.4 Å². The summed E-state index contributed by atoms with van der Waals surface area (Å²) in [6.45, 7) is 0. The zero-order chi connectivity index (χ0) is 19.2. The van der Waals surface area contributed by atoms with Crippen LogP contribution in [0.5, 0.6) is 11.6 Å². The summed E-state index contributed by atoms with van der Waals surface area (Å²) in [5.74, 6) is -1.08. The van der Waals surface area contributed by atoms with Gasteiger partial charge < -0.3 is 4.74 Å². The molecule has 0 spiro atoms. The minimum Gasteiger partial charge on any atom is -0.436 e. The van der Waals surface area contributed by atoms with Crippen LogP contribution in [0.3, 0.4) is 0 Å². The number of halogens is 3. The standard InChI is InChI=1S/C18H11Cl2FN4O2/c19-14-4-2-1-3-13(14)16(26)25-23-9-11-5-7-12(8-6-11)27-17-15(21)10-22-18(20)24-17/h1-10H,(H,25,26)/b23-9+. The predicted octanol–water partition coefficient (Wildman–Crippen LogP) is 4.48. The summed E-state index contributed by atoms with van der Waals surface area (Å²) in [6.07, 6.45) is 2.37. The molecule has 3 rings (SSSR count). The Labute approximate surface area is 163 Å². The summed E-state index contributed by atoms with van der Waals surface area (Å²) in [7, 11) is 0. The SMILES string of the molecule is O=C(N/N=C/c1ccc(Oc2nc(Cl)ncc2F)cc1)c1ccccc1Cl. The fourth-order valence-corrected chi connectivity index (χ4v) is 2.35. The van der Waals surface area contributed by atoms with Crippen molar-refractivity contribution in [2.24, 2.45) is 5.10 Å². The van der Waals surface area contributed by atoms with Crippen molar-refractivity contribution in [3.05, 3.63) is 82.0 Å². The molecule has 0 unspecified atom stereocenters. The third-order valence-corrected chi connectivity index (χ3v) is 3.79. The second-order valence-corrected chi connectivity index (χ2v) is 5.89. The quantitative estimate of drug-likeness (QED) is 0.386. The Bertz CT molecular complexity index is 997. The number of hydrogen-bond donors (Lipinski definition) is 1. The first-order valence-electron chi connectivity index (χ1n) is 7.57. The Kier molecular flexibility index (Phi) is 5.95. The van der Waals surface area contributed by atoms with Crippen molar-refractivity contribution in [1.29, 1.82) is 0 Å². The van der Waals surface area contributed by atoms with Crippen LogP contribution in [-0.2, 0) is 0 Å². The molecule has 0 saturated carbocycles. The van der Waals surface area contributed by atoms with E-state index in [4.69, 9.17) is 27.9 Å². The molecule has 0 saturated heterocycles. The fraction of sp³-hybridized carbons (Fsp3) is 0. The molecule has 136 valence electrons. The average molecular weight is 405 g/mol. The van der Waals surface area contributed by atoms with Gasteiger partial charge >= 0.3 is 0 Å². The minimum absolute atomic E-state index is 0.121. The Morgan fingerprint density at radius 1 is 1.15 bits per heavy atom. The molecule has 1 aromatic heterocycles. The molecule has 1 amide bonds. The normalized spacial score (nSPS) is 10.8. The highest BCUT2D eigenvalue weighted by molar-refractivity contribution is 6.33. The van der Waals surface area contributed by atoms with E-state index >= 15 is 0 Å². The fourth-order valence-electron chi connectivity index (χ4n) is 2.01. The van der Waals surface area contributed by atoms with Crippen molar-refractivity contribution in [2.75, 3.05) is 0 Å². The number of nitrogens with one attached hydrogen (secondary N) is 1. The van der Waals surface area contributed by atoms with Crippen LogP contribution in [0.15, 0.2) is 59.8 Å². The van der Waals surface area contributed by atoms with E-state index in [1.165, 1.54) is 6.21 Å². The van der Waals surface area contributed by atoms with Gasteiger partial charge in [-0.25, -0.2) is 10.4 Å². The number of hydrogen-bond acceptors (Lipinski definition) is 5. The van der Waals surface area contributed by atoms with Crippen LogP contribution in [0.4, 0.5) is 4.39 Å². The molecule has 0 aliphatic heterocycles. The number of rotatable bonds is 5. The molecular formula is C18H11Cl2FN4O2. The molecular weight excluding hydrogens is 394 g/mol. The highest BCUT2D eigenvalue weighted by Crippen LogP contribution is 2.23. The number of carbonyl (C=O) groups is 1. The molecule has 6 nitrogen and oxygen atoms in total. The van der Waals surface area contributed by atoms with Crippen LogP contribution >= 0.6 is 23.2 Å². The van der Waals surface area contributed by atoms with Gasteiger partial charge in [-0.2, -0.15) is 14.5 Å². The van der Waals surface area contributed by atoms with Crippen LogP contribution in [-0.4, -0.2) is 22.1 Å². The summed E-state index contributed by atoms with van der Waals surface area (Å²) in [5, 5.41) is 4.09. The maximum absolute atomic E-state index is 13.6. The topological polar surface area (TPSA) is 76.5 Å². The number of amides is 1. The zero-order valence-corrected chi connectivity index (χ0v) is 15.1. The lowest BCUT2D eigenvalue weighted by Gasteiger charge is -2.05. The summed E-state index contributed by atoms with van der Waals surface area (Å²) in [6, 6.07) is 13.2. The van der Waals surface area contributed by atoms with Crippen LogP contribution in [0.25, 0.3) is 0 Å². The lowest BCUT2D eigenvalue weighted by molar-refractivity contribution is 0.0955. The first-order valence-corrected chi connectivity index (χ1v) is 8.32. The zero-order valence-electron chi connectivity index (χ0n) is 13.6. The molecule has 1 N–H and O–H groups in total. The van der Waals surface area contributed by atoms with E-state index in [0.717, 1.165) is 6.20 Å². The second-order valence-electron chi connectivity index (χ2n) is 5.14. The molecule has 0 atom stereocenters. The van der Waals surface area contributed by atoms with E-state index in [-0.39, 0.29) is 11.2 Å². The molecule has 0 fully saturated rings. The first-order chi connectivity index (χ1) is 13.0. The second kappa shape index (κ2) is 8.57. The van der Waals surface area contributed by atoms with Crippen molar-refractivity contribution in [3.8, 4) is 11.6 Å². The minimum atomic E-state index is -0.729. The maximum Gasteiger partial charge on any atom is 0.272 e. The monoisotopic (exact) mass is 404 g/mol. The predicted molar refractivity (Wildman–Crippen MR) is 100 cm³/mol. The maximum atomic E-state index is 13.6. The number of nitrogens with zero attached hydrogens (tertiary/aromatic N) is 3. The number of aromatic nitrogens is 2. The van der Waals surface area contributed by atoms with Gasteiger partial charge in [0.2, 0.25) is 11.1 Å². The summed E-state index contributed by atoms with van der Waals surface area (Å²) in [4.78, 5) is 19.2. The van der Waals surface area contributed by atoms with Crippen LogP contribution in [0.2, 0.25) is 10.3 Å². The molecule has 2 aromatic carbocycles. The van der Waals surface area contributed by atoms with Crippen molar-refractivity contribution < 1.29 is 13.9 Å². The summed E-state index contributed by atoms with van der Waals surface area (Å²) >= 11 is 11.6. The van der Waals surface area contributed by atoms with E-state index in [0.29, 0.717) is 21.9 Å². The van der Waals surface area contributed by atoms with Gasteiger partial charge in [0.25, 0.3) is 11.8 Å². The Morgan fingerprint density at radius 2 is 1.89 bits per heavy atom. The van der Waals surface area contributed by atoms with E-state index in [2.05, 4.69) is 20.5 Å². The molecule has 3 aromatic rings. The van der Waals surface area contributed by atoms with Gasteiger partial charge in [-0.1, -0.05) is 23.7 Å². The molecule has 1 heterocycles. The van der Waals surface area contributed by atoms with Gasteiger partial charge in [-0.3, -0.25) is 4.79 Å². The van der Waals surface area contributed by atoms with E-state index < -0.39 is 11.7 Å². The van der Waals surface area contributed by atoms with E-state index in [1.807, 2.05) is 0 Å². The number of benzene rings is 2. The van der Waals surface area contributed by atoms with E-state index in [9.17, 15) is 9.18 Å². The lowest BCUT2D eigenvalue weighted by Crippen LogP contribution is -2.17. The molecule has 0 aliphatic rings. The summed E-state index contributed by atoms with van der Waals surface area (Å²) < 4.78 is 18.9. The van der Waals surface area contributed by atoms with Crippen LogP contribution in [0.1, 0.15) is 15.9 Å². The Balaban J connectivity index is 1.62. The smallest absolute Gasteiger partial charge is 0.272 e. The Morgan fingerprint density at radius 3 is 2.63 bits per heavy atom. The number of hydrazone groups is 1. The third-order valence-electron chi connectivity index (χ3n) is 3.28. The first kappa shape index (κ1) is 18.8. The average Bonchev–Trinajstić information content (AvgIpc) is 2.66. The highest BCUT2D eigenvalue weighted by Gasteiger charge is 2.09. The van der Waals surface area contributed by atoms with Crippen molar-refractivity contribution in [2.45, 2.75) is 0 Å². The highest BCUT2D eigenvalue weighted by atomic mass is 35.5. The molecule has 0 bridgehead atoms. The molecule has 27 heavy (non-hydrogen) atoms. The van der Waals surface area contributed by atoms with Crippen molar-refractivity contribution >= 4 is 35.3 Å². The lowest BCUT2D eigenvalue weighted by atomic mass is 10.2. The number of carbonyl (C=O) groups excluding carboxylic acids is 1. The van der Waals surface area contributed by atoms with E-state index in [1.54, 1.807) is 48.5 Å². The van der Waals surface area contributed by atoms with Crippen molar-refractivity contribution in [3.63, 3.8) is 0 Å². The van der Waals surface area contributed by atoms with Gasteiger partial charge in [0, 0.05) is 0 Å². The van der Waals surface area contributed by atoms with Gasteiger partial charge in [-0.05, 0) is 53.6 Å². The van der Waals surface area contributed by atoms with Gasteiger partial charge in [-0.15, -0.1) is 0 Å². The molecule has 9 heteroatoms. The largest absolute Gasteiger partial charge is 0.436 e. The van der Waals surface area contributed by atoms with Gasteiger partial charge in [0.15, 0.2) is 0 Å². The molecule has 0 aliphatic carbocycles. The summed E-state index contributed by atoms with van der Waals surface area (Å²) in [5.41, 5.74) is 3.40. The van der Waals surface area contributed by atoms with Crippen LogP contribution < -0.4 is 10.2 Å². The third kappa shape index (κ3) is 4.99. The van der Waals surface area contributed by atoms with Gasteiger partial charge in [0.05, 0.1) is 23.0 Å².